The standard InChI is InChI=1S/C12H16IOSi/c1-12(2,3)14-11-6-4-5-10(13)9(11)7-8-15/h4-6H,7-8H2,1-3H3. The lowest BCUT2D eigenvalue weighted by Crippen LogP contribution is -2.23. The topological polar surface area (TPSA) is 9.23 Å². The first-order valence-corrected chi connectivity index (χ1v) is 6.83. The predicted octanol–water partition coefficient (Wildman–Crippen LogP) is 3.60. The fourth-order valence-electron chi connectivity index (χ4n) is 1.33. The Kier molecular flexibility index (Phi) is 4.64. The van der Waals surface area contributed by atoms with Crippen LogP contribution in [0.5, 0.6) is 5.75 Å². The van der Waals surface area contributed by atoms with Gasteiger partial charge in [-0.25, -0.2) is 0 Å². The molecule has 15 heavy (non-hydrogen) atoms. The van der Waals surface area contributed by atoms with E-state index in [9.17, 15) is 0 Å². The van der Waals surface area contributed by atoms with Gasteiger partial charge in [0, 0.05) is 19.4 Å². The molecule has 1 aromatic rings. The van der Waals surface area contributed by atoms with Crippen molar-refractivity contribution in [1.29, 1.82) is 0 Å². The molecule has 1 rings (SSSR count). The molecule has 0 aliphatic carbocycles. The van der Waals surface area contributed by atoms with E-state index in [0.717, 1.165) is 18.2 Å². The summed E-state index contributed by atoms with van der Waals surface area (Å²) in [6, 6.07) is 7.17. The molecule has 0 aliphatic heterocycles. The summed E-state index contributed by atoms with van der Waals surface area (Å²) in [7, 11) is 3.52. The van der Waals surface area contributed by atoms with Crippen LogP contribution in [0.15, 0.2) is 18.2 Å². The Balaban J connectivity index is 3.00. The molecule has 1 aromatic carbocycles. The summed E-state index contributed by atoms with van der Waals surface area (Å²) in [5.41, 5.74) is 1.16. The van der Waals surface area contributed by atoms with Crippen molar-refractivity contribution < 1.29 is 4.74 Å². The zero-order valence-corrected chi connectivity index (χ0v) is 12.6. The molecule has 0 spiro atoms. The largest absolute Gasteiger partial charge is 0.488 e. The molecule has 1 nitrogen and oxygen atoms in total. The minimum atomic E-state index is -0.134. The van der Waals surface area contributed by atoms with Gasteiger partial charge >= 0.3 is 0 Å². The SMILES string of the molecule is CC(C)(C)Oc1cccc(I)c1CC[Si]. The maximum atomic E-state index is 5.94. The molecule has 0 unspecified atom stereocenters. The molecule has 0 saturated heterocycles. The Morgan fingerprint density at radius 3 is 2.53 bits per heavy atom. The lowest BCUT2D eigenvalue weighted by atomic mass is 10.1. The van der Waals surface area contributed by atoms with Crippen LogP contribution >= 0.6 is 22.6 Å². The molecular formula is C12H16IOSi. The minimum Gasteiger partial charge on any atom is -0.488 e. The third-order valence-electron chi connectivity index (χ3n) is 1.87. The fourth-order valence-corrected chi connectivity index (χ4v) is 2.33. The Labute approximate surface area is 109 Å². The molecule has 3 heteroatoms. The molecule has 0 heterocycles. The van der Waals surface area contributed by atoms with Crippen molar-refractivity contribution in [3.63, 3.8) is 0 Å². The molecule has 81 valence electrons. The second-order valence-corrected chi connectivity index (χ2v) is 6.09. The first kappa shape index (κ1) is 13.0. The highest BCUT2D eigenvalue weighted by atomic mass is 127. The van der Waals surface area contributed by atoms with Gasteiger partial charge in [0.1, 0.15) is 11.4 Å². The summed E-state index contributed by atoms with van der Waals surface area (Å²) in [4.78, 5) is 0. The van der Waals surface area contributed by atoms with Gasteiger partial charge in [0.25, 0.3) is 0 Å². The van der Waals surface area contributed by atoms with Crippen LogP contribution in [-0.2, 0) is 6.42 Å². The molecule has 0 bridgehead atoms. The van der Waals surface area contributed by atoms with Crippen molar-refractivity contribution in [2.24, 2.45) is 0 Å². The van der Waals surface area contributed by atoms with Gasteiger partial charge in [-0.2, -0.15) is 0 Å². The molecule has 0 amide bonds. The van der Waals surface area contributed by atoms with Gasteiger partial charge in [-0.3, -0.25) is 0 Å². The maximum Gasteiger partial charge on any atom is 0.124 e. The van der Waals surface area contributed by atoms with E-state index in [1.165, 1.54) is 9.13 Å². The van der Waals surface area contributed by atoms with Crippen LogP contribution in [-0.4, -0.2) is 15.8 Å². The summed E-state index contributed by atoms with van der Waals surface area (Å²) in [6.07, 6.45) is 1.00. The number of rotatable bonds is 3. The Bertz CT molecular complexity index is 331. The predicted molar refractivity (Wildman–Crippen MR) is 73.8 cm³/mol. The molecule has 0 atom stereocenters. The summed E-state index contributed by atoms with van der Waals surface area (Å²) in [5, 5.41) is 0. The van der Waals surface area contributed by atoms with E-state index in [1.54, 1.807) is 0 Å². The van der Waals surface area contributed by atoms with Crippen molar-refractivity contribution in [3.8, 4) is 5.75 Å². The first-order valence-electron chi connectivity index (χ1n) is 5.05. The van der Waals surface area contributed by atoms with Crippen LogP contribution in [0.1, 0.15) is 26.3 Å². The van der Waals surface area contributed by atoms with E-state index >= 15 is 0 Å². The normalized spacial score (nSPS) is 11.5. The number of halogens is 1. The van der Waals surface area contributed by atoms with Crippen LogP contribution in [0.25, 0.3) is 0 Å². The lowest BCUT2D eigenvalue weighted by molar-refractivity contribution is 0.129. The quantitative estimate of drug-likeness (QED) is 0.607. The highest BCUT2D eigenvalue weighted by Gasteiger charge is 2.15. The van der Waals surface area contributed by atoms with Crippen LogP contribution in [0, 0.1) is 3.57 Å². The summed E-state index contributed by atoms with van der Waals surface area (Å²) < 4.78 is 7.21. The van der Waals surface area contributed by atoms with Crippen LogP contribution in [0.4, 0.5) is 0 Å². The number of benzene rings is 1. The number of hydrogen-bond donors (Lipinski definition) is 0. The van der Waals surface area contributed by atoms with E-state index in [2.05, 4.69) is 59.7 Å². The third-order valence-corrected chi connectivity index (χ3v) is 3.13. The van der Waals surface area contributed by atoms with Gasteiger partial charge < -0.3 is 4.74 Å². The average molecular weight is 331 g/mol. The zero-order valence-electron chi connectivity index (χ0n) is 9.43. The average Bonchev–Trinajstić information content (AvgIpc) is 2.08. The van der Waals surface area contributed by atoms with E-state index < -0.39 is 0 Å². The van der Waals surface area contributed by atoms with Crippen molar-refractivity contribution in [2.45, 2.75) is 38.8 Å². The van der Waals surface area contributed by atoms with Crippen LogP contribution in [0.3, 0.4) is 0 Å². The number of hydrogen-bond acceptors (Lipinski definition) is 1. The van der Waals surface area contributed by atoms with Crippen molar-refractivity contribution in [2.75, 3.05) is 0 Å². The molecule has 0 aliphatic rings. The smallest absolute Gasteiger partial charge is 0.124 e. The van der Waals surface area contributed by atoms with E-state index in [-0.39, 0.29) is 5.60 Å². The molecule has 0 saturated carbocycles. The molecule has 0 aromatic heterocycles. The minimum absolute atomic E-state index is 0.134. The highest BCUT2D eigenvalue weighted by molar-refractivity contribution is 14.1. The van der Waals surface area contributed by atoms with E-state index in [0.29, 0.717) is 0 Å². The molecule has 0 N–H and O–H groups in total. The molecule has 0 fully saturated rings. The van der Waals surface area contributed by atoms with Crippen LogP contribution in [0.2, 0.25) is 6.04 Å². The van der Waals surface area contributed by atoms with Gasteiger partial charge in [-0.1, -0.05) is 12.1 Å². The summed E-state index contributed by atoms with van der Waals surface area (Å²) in [5.74, 6) is 1.01. The summed E-state index contributed by atoms with van der Waals surface area (Å²) >= 11 is 2.36. The Morgan fingerprint density at radius 1 is 1.33 bits per heavy atom. The third kappa shape index (κ3) is 4.15. The fraction of sp³-hybridized carbons (Fsp3) is 0.500. The van der Waals surface area contributed by atoms with Crippen molar-refractivity contribution in [3.05, 3.63) is 27.3 Å². The van der Waals surface area contributed by atoms with Gasteiger partial charge in [0.15, 0.2) is 0 Å². The monoisotopic (exact) mass is 331 g/mol. The zero-order chi connectivity index (χ0) is 11.5. The van der Waals surface area contributed by atoms with Crippen molar-refractivity contribution >= 4 is 32.8 Å². The van der Waals surface area contributed by atoms with Gasteiger partial charge in [0.05, 0.1) is 0 Å². The van der Waals surface area contributed by atoms with Gasteiger partial charge in [-0.15, -0.1) is 0 Å². The lowest BCUT2D eigenvalue weighted by Gasteiger charge is -2.23. The second kappa shape index (κ2) is 5.34. The number of ether oxygens (including phenoxy) is 1. The Morgan fingerprint density at radius 2 is 2.00 bits per heavy atom. The van der Waals surface area contributed by atoms with E-state index in [1.807, 2.05) is 12.1 Å². The summed E-state index contributed by atoms with van der Waals surface area (Å²) in [6.45, 7) is 6.22. The van der Waals surface area contributed by atoms with Gasteiger partial charge in [-0.05, 0) is 61.9 Å². The van der Waals surface area contributed by atoms with Crippen molar-refractivity contribution in [1.82, 2.24) is 0 Å². The second-order valence-electron chi connectivity index (χ2n) is 4.43. The first-order chi connectivity index (χ1) is 6.94. The molecule has 3 radical (unpaired) electrons. The van der Waals surface area contributed by atoms with Gasteiger partial charge in [0.2, 0.25) is 0 Å². The highest BCUT2D eigenvalue weighted by Crippen LogP contribution is 2.28. The van der Waals surface area contributed by atoms with Crippen LogP contribution < -0.4 is 4.74 Å². The van der Waals surface area contributed by atoms with E-state index in [4.69, 9.17) is 4.74 Å². The maximum absolute atomic E-state index is 5.94. The Hall–Kier alpha value is -0.0331. The molecular weight excluding hydrogens is 315 g/mol.